The van der Waals surface area contributed by atoms with Gasteiger partial charge in [-0.25, -0.2) is 15.0 Å². The van der Waals surface area contributed by atoms with E-state index in [-0.39, 0.29) is 5.91 Å². The van der Waals surface area contributed by atoms with Gasteiger partial charge in [0.15, 0.2) is 11.4 Å². The molecule has 1 amide bonds. The number of pyridine rings is 1. The lowest BCUT2D eigenvalue weighted by Gasteiger charge is -2.16. The predicted molar refractivity (Wildman–Crippen MR) is 145 cm³/mol. The third-order valence-corrected chi connectivity index (χ3v) is 5.81. The van der Waals surface area contributed by atoms with Gasteiger partial charge in [0.1, 0.15) is 17.9 Å². The normalized spacial score (nSPS) is 10.7. The zero-order valence-corrected chi connectivity index (χ0v) is 20.8. The Bertz CT molecular complexity index is 1570. The average Bonchev–Trinajstić information content (AvgIpc) is 2.87. The van der Waals surface area contributed by atoms with Crippen LogP contribution in [0, 0.1) is 6.92 Å². The van der Waals surface area contributed by atoms with Crippen LogP contribution >= 0.6 is 15.9 Å². The Morgan fingerprint density at radius 3 is 2.61 bits per heavy atom. The van der Waals surface area contributed by atoms with E-state index in [1.54, 1.807) is 54.6 Å². The molecule has 8 nitrogen and oxygen atoms in total. The molecule has 36 heavy (non-hydrogen) atoms. The third-order valence-electron chi connectivity index (χ3n) is 5.32. The van der Waals surface area contributed by atoms with Crippen molar-refractivity contribution in [3.63, 3.8) is 0 Å². The van der Waals surface area contributed by atoms with E-state index in [4.69, 9.17) is 10.5 Å². The number of nitrogens with two attached hydrogens (primary N) is 1. The lowest BCUT2D eigenvalue weighted by atomic mass is 10.2. The standard InChI is InChI=1S/C27H21BrN6O2/c1-16-5-11-22-25(32-16)30-15-31-26(22)34-23-14-20(33-27(35)17-3-2-4-18(28)13-17)8-12-24(23)36-21-9-6-19(29)7-10-21/h2-15H,29H2,1H3,(H,33,35)(H,30,31,32,34). The van der Waals surface area contributed by atoms with Crippen LogP contribution in [0.2, 0.25) is 0 Å². The number of hydrogen-bond acceptors (Lipinski definition) is 7. The molecule has 0 saturated heterocycles. The Labute approximate surface area is 215 Å². The largest absolute Gasteiger partial charge is 0.455 e. The molecule has 0 unspecified atom stereocenters. The van der Waals surface area contributed by atoms with Gasteiger partial charge in [0, 0.05) is 27.1 Å². The molecule has 5 aromatic rings. The summed E-state index contributed by atoms with van der Waals surface area (Å²) in [6.07, 6.45) is 1.45. The molecule has 4 N–H and O–H groups in total. The Hall–Kier alpha value is -4.50. The maximum atomic E-state index is 12.8. The van der Waals surface area contributed by atoms with Crippen molar-refractivity contribution in [3.8, 4) is 11.5 Å². The fourth-order valence-corrected chi connectivity index (χ4v) is 3.95. The van der Waals surface area contributed by atoms with Crippen LogP contribution in [0.3, 0.4) is 0 Å². The number of aryl methyl sites for hydroxylation is 1. The summed E-state index contributed by atoms with van der Waals surface area (Å²) in [5.74, 6) is 1.47. The van der Waals surface area contributed by atoms with E-state index in [9.17, 15) is 4.79 Å². The number of hydrogen-bond donors (Lipinski definition) is 3. The van der Waals surface area contributed by atoms with E-state index in [0.29, 0.717) is 45.6 Å². The molecular weight excluding hydrogens is 520 g/mol. The molecule has 2 heterocycles. The maximum absolute atomic E-state index is 12.8. The quantitative estimate of drug-likeness (QED) is 0.211. The van der Waals surface area contributed by atoms with Crippen molar-refractivity contribution in [3.05, 3.63) is 101 Å². The van der Waals surface area contributed by atoms with Crippen molar-refractivity contribution in [2.45, 2.75) is 6.92 Å². The summed E-state index contributed by atoms with van der Waals surface area (Å²) in [6, 6.07) is 23.4. The lowest BCUT2D eigenvalue weighted by molar-refractivity contribution is 0.102. The SMILES string of the molecule is Cc1ccc2c(Nc3cc(NC(=O)c4cccc(Br)c4)ccc3Oc3ccc(N)cc3)ncnc2n1. The fraction of sp³-hybridized carbons (Fsp3) is 0.0370. The minimum atomic E-state index is -0.235. The molecule has 2 aromatic heterocycles. The second kappa shape index (κ2) is 10.0. The number of aromatic nitrogens is 3. The van der Waals surface area contributed by atoms with Gasteiger partial charge in [-0.3, -0.25) is 4.79 Å². The summed E-state index contributed by atoms with van der Waals surface area (Å²) >= 11 is 3.40. The van der Waals surface area contributed by atoms with Gasteiger partial charge in [-0.15, -0.1) is 0 Å². The van der Waals surface area contributed by atoms with Gasteiger partial charge >= 0.3 is 0 Å². The molecular formula is C27H21BrN6O2. The van der Waals surface area contributed by atoms with E-state index in [1.165, 1.54) is 6.33 Å². The average molecular weight is 541 g/mol. The fourth-order valence-electron chi connectivity index (χ4n) is 3.55. The zero-order chi connectivity index (χ0) is 25.1. The highest BCUT2D eigenvalue weighted by Crippen LogP contribution is 2.35. The van der Waals surface area contributed by atoms with Crippen molar-refractivity contribution in [1.29, 1.82) is 0 Å². The molecule has 0 aliphatic rings. The summed E-state index contributed by atoms with van der Waals surface area (Å²) in [5, 5.41) is 7.02. The molecule has 5 rings (SSSR count). The highest BCUT2D eigenvalue weighted by Gasteiger charge is 2.13. The summed E-state index contributed by atoms with van der Waals surface area (Å²) < 4.78 is 6.96. The molecule has 0 fully saturated rings. The number of carbonyl (C=O) groups is 1. The maximum Gasteiger partial charge on any atom is 0.255 e. The second-order valence-electron chi connectivity index (χ2n) is 8.02. The topological polar surface area (TPSA) is 115 Å². The van der Waals surface area contributed by atoms with Crippen LogP contribution in [0.1, 0.15) is 16.1 Å². The van der Waals surface area contributed by atoms with Crippen LogP contribution in [-0.2, 0) is 0 Å². The molecule has 0 atom stereocenters. The zero-order valence-electron chi connectivity index (χ0n) is 19.2. The van der Waals surface area contributed by atoms with Crippen LogP contribution in [0.25, 0.3) is 11.0 Å². The lowest BCUT2D eigenvalue weighted by Crippen LogP contribution is -2.12. The molecule has 0 spiro atoms. The molecule has 0 bridgehead atoms. The van der Waals surface area contributed by atoms with E-state index in [0.717, 1.165) is 15.6 Å². The Balaban J connectivity index is 1.51. The van der Waals surface area contributed by atoms with Crippen molar-refractivity contribution in [2.75, 3.05) is 16.4 Å². The highest BCUT2D eigenvalue weighted by molar-refractivity contribution is 9.10. The Morgan fingerprint density at radius 1 is 0.972 bits per heavy atom. The third kappa shape index (κ3) is 5.26. The van der Waals surface area contributed by atoms with E-state index < -0.39 is 0 Å². The minimum Gasteiger partial charge on any atom is -0.455 e. The van der Waals surface area contributed by atoms with Gasteiger partial charge in [0.2, 0.25) is 0 Å². The van der Waals surface area contributed by atoms with E-state index in [2.05, 4.69) is 41.5 Å². The van der Waals surface area contributed by atoms with Crippen LogP contribution in [0.5, 0.6) is 11.5 Å². The smallest absolute Gasteiger partial charge is 0.255 e. The molecule has 0 aliphatic carbocycles. The second-order valence-corrected chi connectivity index (χ2v) is 8.93. The molecule has 0 aliphatic heterocycles. The number of halogens is 1. The van der Waals surface area contributed by atoms with E-state index in [1.807, 2.05) is 31.2 Å². The van der Waals surface area contributed by atoms with Crippen molar-refractivity contribution in [1.82, 2.24) is 15.0 Å². The number of ether oxygens (including phenoxy) is 1. The first-order valence-electron chi connectivity index (χ1n) is 11.0. The Kier molecular flexibility index (Phi) is 6.46. The first kappa shape index (κ1) is 23.3. The van der Waals surface area contributed by atoms with Crippen molar-refractivity contribution < 1.29 is 9.53 Å². The number of rotatable bonds is 6. The molecule has 0 radical (unpaired) electrons. The number of carbonyl (C=O) groups excluding carboxylic acids is 1. The number of anilines is 4. The minimum absolute atomic E-state index is 0.235. The molecule has 3 aromatic carbocycles. The van der Waals surface area contributed by atoms with Gasteiger partial charge in [-0.05, 0) is 79.7 Å². The van der Waals surface area contributed by atoms with Crippen molar-refractivity contribution in [2.24, 2.45) is 0 Å². The summed E-state index contributed by atoms with van der Waals surface area (Å²) in [5.41, 5.74) is 9.59. The first-order valence-corrected chi connectivity index (χ1v) is 11.8. The van der Waals surface area contributed by atoms with Gasteiger partial charge in [0.25, 0.3) is 5.91 Å². The number of nitrogen functional groups attached to an aromatic ring is 1. The number of amides is 1. The highest BCUT2D eigenvalue weighted by atomic mass is 79.9. The van der Waals surface area contributed by atoms with Gasteiger partial charge in [-0.1, -0.05) is 22.0 Å². The van der Waals surface area contributed by atoms with Crippen LogP contribution in [-0.4, -0.2) is 20.9 Å². The number of fused-ring (bicyclic) bond motifs is 1. The van der Waals surface area contributed by atoms with E-state index >= 15 is 0 Å². The Morgan fingerprint density at radius 2 is 1.81 bits per heavy atom. The van der Waals surface area contributed by atoms with Gasteiger partial charge in [-0.2, -0.15) is 0 Å². The monoisotopic (exact) mass is 540 g/mol. The molecule has 0 saturated carbocycles. The van der Waals surface area contributed by atoms with Crippen LogP contribution in [0.15, 0.2) is 89.7 Å². The number of nitrogens with one attached hydrogen (secondary N) is 2. The van der Waals surface area contributed by atoms with Gasteiger partial charge in [0.05, 0.1) is 11.1 Å². The number of benzene rings is 3. The summed E-state index contributed by atoms with van der Waals surface area (Å²) in [4.78, 5) is 26.0. The van der Waals surface area contributed by atoms with Crippen LogP contribution in [0.4, 0.5) is 22.9 Å². The molecule has 178 valence electrons. The number of nitrogens with zero attached hydrogens (tertiary/aromatic N) is 3. The summed E-state index contributed by atoms with van der Waals surface area (Å²) in [6.45, 7) is 1.91. The molecule has 9 heteroatoms. The predicted octanol–water partition coefficient (Wildman–Crippen LogP) is 6.47. The van der Waals surface area contributed by atoms with Crippen molar-refractivity contribution >= 4 is 55.8 Å². The van der Waals surface area contributed by atoms with Gasteiger partial charge < -0.3 is 21.1 Å². The van der Waals surface area contributed by atoms with Crippen LogP contribution < -0.4 is 21.1 Å². The summed E-state index contributed by atoms with van der Waals surface area (Å²) in [7, 11) is 0. The first-order chi connectivity index (χ1) is 17.4.